The first-order valence-electron chi connectivity index (χ1n) is 6.69. The molecular weight excluding hydrogens is 222 g/mol. The molecule has 1 aromatic rings. The van der Waals surface area contributed by atoms with E-state index in [0.717, 1.165) is 30.6 Å². The maximum Gasteiger partial charge on any atom is 0.249 e. The van der Waals surface area contributed by atoms with Gasteiger partial charge in [-0.1, -0.05) is 37.3 Å². The number of rotatable bonds is 2. The largest absolute Gasteiger partial charge is 0.339 e. The topological polar surface area (TPSA) is 20.3 Å². The quantitative estimate of drug-likeness (QED) is 0.729. The number of carbonyl (C=O) groups is 1. The smallest absolute Gasteiger partial charge is 0.249 e. The predicted molar refractivity (Wildman–Crippen MR) is 75.1 cm³/mol. The number of benzene rings is 1. The molecule has 96 valence electrons. The average Bonchev–Trinajstić information content (AvgIpc) is 2.39. The van der Waals surface area contributed by atoms with E-state index in [1.807, 2.05) is 48.2 Å². The molecule has 1 aliphatic rings. The van der Waals surface area contributed by atoms with Crippen molar-refractivity contribution in [3.05, 3.63) is 41.5 Å². The van der Waals surface area contributed by atoms with Gasteiger partial charge in [0.15, 0.2) is 0 Å². The molecule has 0 aliphatic carbocycles. The van der Waals surface area contributed by atoms with Gasteiger partial charge in [0.1, 0.15) is 0 Å². The fourth-order valence-electron chi connectivity index (χ4n) is 2.48. The Bertz CT molecular complexity index is 436. The Hall–Kier alpha value is -1.57. The van der Waals surface area contributed by atoms with Crippen molar-refractivity contribution >= 4 is 12.0 Å². The lowest BCUT2D eigenvalue weighted by Crippen LogP contribution is -2.39. The average molecular weight is 243 g/mol. The second-order valence-corrected chi connectivity index (χ2v) is 5.24. The summed E-state index contributed by atoms with van der Waals surface area (Å²) >= 11 is 0. The number of carbonyl (C=O) groups excluding carboxylic acids is 1. The van der Waals surface area contributed by atoms with Gasteiger partial charge >= 0.3 is 0 Å². The lowest BCUT2D eigenvalue weighted by Gasteiger charge is -2.31. The molecule has 1 aliphatic heterocycles. The summed E-state index contributed by atoms with van der Waals surface area (Å²) in [4.78, 5) is 14.3. The molecule has 1 fully saturated rings. The van der Waals surface area contributed by atoms with Crippen molar-refractivity contribution in [1.82, 2.24) is 4.90 Å². The molecule has 0 bridgehead atoms. The fraction of sp³-hybridized carbons (Fsp3) is 0.438. The minimum atomic E-state index is 0.186. The third-order valence-corrected chi connectivity index (χ3v) is 3.46. The number of hydrogen-bond acceptors (Lipinski definition) is 1. The first kappa shape index (κ1) is 12.9. The molecule has 1 atom stereocenters. The van der Waals surface area contributed by atoms with Crippen LogP contribution < -0.4 is 0 Å². The van der Waals surface area contributed by atoms with E-state index in [1.54, 1.807) is 0 Å². The molecule has 2 nitrogen and oxygen atoms in total. The van der Waals surface area contributed by atoms with Crippen LogP contribution in [0.25, 0.3) is 6.08 Å². The maximum absolute atomic E-state index is 12.3. The van der Waals surface area contributed by atoms with Gasteiger partial charge in [0.2, 0.25) is 5.91 Å². The van der Waals surface area contributed by atoms with Crippen LogP contribution in [0.3, 0.4) is 0 Å². The standard InChI is InChI=1S/C16H21NO/c1-13-7-6-10-17(12-13)16(18)14(2)11-15-8-4-3-5-9-15/h3-5,8-9,11,13H,6-7,10,12H2,1-2H3/b14-11-/t13-/m0/s1. The van der Waals surface area contributed by atoms with Crippen LogP contribution in [-0.2, 0) is 4.79 Å². The van der Waals surface area contributed by atoms with Gasteiger partial charge in [-0.05, 0) is 37.3 Å². The zero-order valence-corrected chi connectivity index (χ0v) is 11.2. The van der Waals surface area contributed by atoms with Crippen LogP contribution in [0.2, 0.25) is 0 Å². The zero-order valence-electron chi connectivity index (χ0n) is 11.2. The van der Waals surface area contributed by atoms with Gasteiger partial charge in [-0.25, -0.2) is 0 Å². The summed E-state index contributed by atoms with van der Waals surface area (Å²) < 4.78 is 0. The summed E-state index contributed by atoms with van der Waals surface area (Å²) in [5, 5.41) is 0. The molecule has 1 saturated heterocycles. The van der Waals surface area contributed by atoms with Crippen molar-refractivity contribution in [3.8, 4) is 0 Å². The van der Waals surface area contributed by atoms with Gasteiger partial charge in [-0.15, -0.1) is 0 Å². The third kappa shape index (κ3) is 3.22. The molecule has 0 spiro atoms. The summed E-state index contributed by atoms with van der Waals surface area (Å²) in [7, 11) is 0. The summed E-state index contributed by atoms with van der Waals surface area (Å²) in [5.74, 6) is 0.817. The van der Waals surface area contributed by atoms with Crippen LogP contribution >= 0.6 is 0 Å². The van der Waals surface area contributed by atoms with Gasteiger partial charge in [-0.3, -0.25) is 4.79 Å². The minimum Gasteiger partial charge on any atom is -0.339 e. The predicted octanol–water partition coefficient (Wildman–Crippen LogP) is 3.35. The molecule has 0 aromatic heterocycles. The van der Waals surface area contributed by atoms with Crippen molar-refractivity contribution in [2.24, 2.45) is 5.92 Å². The van der Waals surface area contributed by atoms with Gasteiger partial charge in [0, 0.05) is 18.7 Å². The minimum absolute atomic E-state index is 0.186. The van der Waals surface area contributed by atoms with Crippen LogP contribution in [0.1, 0.15) is 32.3 Å². The Morgan fingerprint density at radius 3 is 2.72 bits per heavy atom. The molecule has 1 aromatic carbocycles. The molecule has 2 heteroatoms. The molecule has 0 saturated carbocycles. The molecule has 18 heavy (non-hydrogen) atoms. The molecule has 2 rings (SSSR count). The highest BCUT2D eigenvalue weighted by atomic mass is 16.2. The van der Waals surface area contributed by atoms with E-state index in [4.69, 9.17) is 0 Å². The number of amides is 1. The lowest BCUT2D eigenvalue weighted by molar-refractivity contribution is -0.128. The normalized spacial score (nSPS) is 20.9. The Kier molecular flexibility index (Phi) is 4.19. The van der Waals surface area contributed by atoms with E-state index in [-0.39, 0.29) is 5.91 Å². The van der Waals surface area contributed by atoms with Crippen LogP contribution in [0.5, 0.6) is 0 Å². The van der Waals surface area contributed by atoms with Gasteiger partial charge in [-0.2, -0.15) is 0 Å². The van der Waals surface area contributed by atoms with Gasteiger partial charge in [0.05, 0.1) is 0 Å². The van der Waals surface area contributed by atoms with E-state index < -0.39 is 0 Å². The molecule has 1 amide bonds. The Balaban J connectivity index is 2.06. The monoisotopic (exact) mass is 243 g/mol. The summed E-state index contributed by atoms with van der Waals surface area (Å²) in [6.07, 6.45) is 4.35. The first-order valence-corrected chi connectivity index (χ1v) is 6.69. The number of nitrogens with zero attached hydrogens (tertiary/aromatic N) is 1. The molecule has 1 heterocycles. The van der Waals surface area contributed by atoms with Crippen LogP contribution in [0, 0.1) is 5.92 Å². The fourth-order valence-corrected chi connectivity index (χ4v) is 2.48. The van der Waals surface area contributed by atoms with E-state index in [1.165, 1.54) is 6.42 Å². The van der Waals surface area contributed by atoms with E-state index in [9.17, 15) is 4.79 Å². The van der Waals surface area contributed by atoms with Gasteiger partial charge in [0.25, 0.3) is 0 Å². The molecule has 0 N–H and O–H groups in total. The number of likely N-dealkylation sites (tertiary alicyclic amines) is 1. The SMILES string of the molecule is C/C(=C/c1ccccc1)C(=O)N1CCC[C@H](C)C1. The Labute approximate surface area is 109 Å². The lowest BCUT2D eigenvalue weighted by atomic mass is 9.99. The zero-order chi connectivity index (χ0) is 13.0. The third-order valence-electron chi connectivity index (χ3n) is 3.46. The Morgan fingerprint density at radius 1 is 1.33 bits per heavy atom. The second-order valence-electron chi connectivity index (χ2n) is 5.24. The summed E-state index contributed by atoms with van der Waals surface area (Å²) in [6, 6.07) is 10.0. The van der Waals surface area contributed by atoms with Crippen molar-refractivity contribution in [1.29, 1.82) is 0 Å². The van der Waals surface area contributed by atoms with Gasteiger partial charge < -0.3 is 4.90 Å². The van der Waals surface area contributed by atoms with E-state index in [0.29, 0.717) is 5.92 Å². The van der Waals surface area contributed by atoms with E-state index >= 15 is 0 Å². The highest BCUT2D eigenvalue weighted by Gasteiger charge is 2.21. The highest BCUT2D eigenvalue weighted by Crippen LogP contribution is 2.18. The van der Waals surface area contributed by atoms with Crippen molar-refractivity contribution in [2.45, 2.75) is 26.7 Å². The molecular formula is C16H21NO. The van der Waals surface area contributed by atoms with Crippen molar-refractivity contribution in [3.63, 3.8) is 0 Å². The summed E-state index contributed by atoms with van der Waals surface area (Å²) in [6.45, 7) is 5.94. The first-order chi connectivity index (χ1) is 8.66. The van der Waals surface area contributed by atoms with Crippen LogP contribution in [0.15, 0.2) is 35.9 Å². The van der Waals surface area contributed by atoms with E-state index in [2.05, 4.69) is 6.92 Å². The Morgan fingerprint density at radius 2 is 2.06 bits per heavy atom. The number of hydrogen-bond donors (Lipinski definition) is 0. The highest BCUT2D eigenvalue weighted by molar-refractivity contribution is 5.97. The molecule has 0 radical (unpaired) electrons. The molecule has 0 unspecified atom stereocenters. The van der Waals surface area contributed by atoms with Crippen molar-refractivity contribution in [2.75, 3.05) is 13.1 Å². The maximum atomic E-state index is 12.3. The van der Waals surface area contributed by atoms with Crippen molar-refractivity contribution < 1.29 is 4.79 Å². The number of piperidine rings is 1. The second kappa shape index (κ2) is 5.85. The van der Waals surface area contributed by atoms with Crippen LogP contribution in [-0.4, -0.2) is 23.9 Å². The summed E-state index contributed by atoms with van der Waals surface area (Å²) in [5.41, 5.74) is 1.92. The van der Waals surface area contributed by atoms with Crippen LogP contribution in [0.4, 0.5) is 0 Å².